The lowest BCUT2D eigenvalue weighted by Gasteiger charge is -2.35. The van der Waals surface area contributed by atoms with E-state index < -0.39 is 69.3 Å². The van der Waals surface area contributed by atoms with Crippen molar-refractivity contribution in [3.8, 4) is 0 Å². The van der Waals surface area contributed by atoms with Gasteiger partial charge in [-0.2, -0.15) is 4.58 Å². The van der Waals surface area contributed by atoms with Gasteiger partial charge in [-0.05, 0) is 114 Å². The lowest BCUT2D eigenvalue weighted by Crippen LogP contribution is -2.52. The Morgan fingerprint density at radius 2 is 1.26 bits per heavy atom. The van der Waals surface area contributed by atoms with E-state index in [1.54, 1.807) is 19.2 Å². The Kier molecular flexibility index (Phi) is 35.9. The first-order valence-corrected chi connectivity index (χ1v) is 32.8. The maximum absolute atomic E-state index is 14.6. The number of nitrogens with zero attached hydrogens (tertiary/aromatic N) is 3. The molecule has 2 aromatic rings. The lowest BCUT2D eigenvalue weighted by atomic mass is 9.70. The number of hydrogen-bond donors (Lipinski definition) is 5. The molecule has 0 fully saturated rings. The van der Waals surface area contributed by atoms with E-state index >= 15 is 0 Å². The molecule has 0 saturated heterocycles. The maximum Gasteiger partial charge on any atom is 0.425 e. The molecule has 2 aliphatic heterocycles. The van der Waals surface area contributed by atoms with Crippen molar-refractivity contribution in [2.75, 3.05) is 58.3 Å². The smallest absolute Gasteiger partial charge is 0.425 e. The molecule has 1 unspecified atom stereocenters. The van der Waals surface area contributed by atoms with Crippen LogP contribution in [0.1, 0.15) is 137 Å². The summed E-state index contributed by atoms with van der Waals surface area (Å²) in [7, 11) is -13.3. The van der Waals surface area contributed by atoms with Gasteiger partial charge in [0.05, 0.1) is 10.3 Å². The second-order valence-corrected chi connectivity index (χ2v) is 24.0. The average Bonchev–Trinajstić information content (AvgIpc) is 1.60. The minimum atomic E-state index is -3.86. The zero-order chi connectivity index (χ0) is 66.2. The van der Waals surface area contributed by atoms with E-state index in [4.69, 9.17) is 55.6 Å². The third-order valence-corrected chi connectivity index (χ3v) is 15.5. The summed E-state index contributed by atoms with van der Waals surface area (Å²) >= 11 is 0. The fourth-order valence-corrected chi connectivity index (χ4v) is 11.2. The van der Waals surface area contributed by atoms with Crippen LogP contribution in [0.15, 0.2) is 94.6 Å². The molecule has 3 aliphatic rings. The molecule has 31 heteroatoms. The van der Waals surface area contributed by atoms with Crippen molar-refractivity contribution in [2.45, 2.75) is 142 Å². The molecule has 86 heavy (non-hydrogen) atoms. The number of aliphatic carboxylic acids is 1. The Balaban J connectivity index is 0.00000353. The van der Waals surface area contributed by atoms with Crippen LogP contribution in [0.2, 0.25) is 0 Å². The summed E-state index contributed by atoms with van der Waals surface area (Å²) in [5.41, 5.74) is 10.1. The van der Waals surface area contributed by atoms with Gasteiger partial charge in [-0.15, -0.1) is 50.5 Å². The van der Waals surface area contributed by atoms with Crippen molar-refractivity contribution in [3.05, 3.63) is 101 Å². The third-order valence-electron chi connectivity index (χ3n) is 13.7. The summed E-state index contributed by atoms with van der Waals surface area (Å²) in [5.74, 6) is -1.67. The third kappa shape index (κ3) is 25.2. The normalized spacial score (nSPS) is 16.7. The van der Waals surface area contributed by atoms with Gasteiger partial charge in [0.25, 0.3) is 0 Å². The van der Waals surface area contributed by atoms with E-state index in [2.05, 4.69) is 121 Å². The van der Waals surface area contributed by atoms with E-state index in [0.29, 0.717) is 51.9 Å². The van der Waals surface area contributed by atoms with E-state index in [1.807, 2.05) is 26.0 Å². The van der Waals surface area contributed by atoms with Gasteiger partial charge in [0, 0.05) is 93.5 Å². The second-order valence-electron chi connectivity index (χ2n) is 20.3. The Labute approximate surface area is 510 Å². The number of carbonyl (C=O) groups excluding carboxylic acids is 3. The second kappa shape index (κ2) is 39.0. The van der Waals surface area contributed by atoms with Crippen LogP contribution in [-0.4, -0.2) is 156 Å². The van der Waals surface area contributed by atoms with Gasteiger partial charge >= 0.3 is 48.4 Å². The molecule has 3 amide bonds. The lowest BCUT2D eigenvalue weighted by molar-refractivity contribution is -0.438. The van der Waals surface area contributed by atoms with Crippen molar-refractivity contribution in [1.29, 1.82) is 0 Å². The Morgan fingerprint density at radius 3 is 1.80 bits per heavy atom. The fourth-order valence-electron chi connectivity index (χ4n) is 9.91. The number of allylic oxidation sites excluding steroid dienone is 8. The van der Waals surface area contributed by atoms with Gasteiger partial charge in [0.2, 0.25) is 33.4 Å². The van der Waals surface area contributed by atoms with Gasteiger partial charge < -0.3 is 31.7 Å². The van der Waals surface area contributed by atoms with Gasteiger partial charge in [-0.1, -0.05) is 77.0 Å². The Hall–Kier alpha value is -6.90. The summed E-state index contributed by atoms with van der Waals surface area (Å²) in [4.78, 5) is 54.7. The van der Waals surface area contributed by atoms with Crippen LogP contribution >= 0.6 is 0 Å². The number of nitrogens with two attached hydrogens (primary N) is 1. The highest BCUT2D eigenvalue weighted by atomic mass is 32.2. The number of amides is 3. The van der Waals surface area contributed by atoms with E-state index in [1.165, 1.54) is 22.6 Å². The fraction of sp³-hybridized carbons (Fsp3) is 0.545. The molecule has 0 aromatic heterocycles. The highest BCUT2D eigenvalue weighted by Crippen LogP contribution is 2.49. The van der Waals surface area contributed by atoms with Gasteiger partial charge in [-0.25, -0.2) is 12.7 Å². The maximum atomic E-state index is 14.6. The first-order chi connectivity index (χ1) is 40.2. The van der Waals surface area contributed by atoms with Crippen LogP contribution in [0.5, 0.6) is 0 Å². The predicted molar refractivity (Wildman–Crippen MR) is 321 cm³/mol. The molecule has 5 rings (SSSR count). The number of anilines is 1. The molecule has 0 saturated carbocycles. The van der Waals surface area contributed by atoms with Crippen LogP contribution in [0.25, 0.3) is 0 Å². The molecule has 0 spiro atoms. The van der Waals surface area contributed by atoms with E-state index in [0.717, 1.165) is 59.6 Å². The molecule has 0 bridgehead atoms. The number of fused-ring (bicyclic) bond motifs is 2. The van der Waals surface area contributed by atoms with Gasteiger partial charge in [0.1, 0.15) is 12.0 Å². The number of carboxylic acid groups (broad SMARTS) is 1. The largest absolute Gasteiger partial charge is 0.481 e. The monoisotopic (exact) mass is 1300 g/mol. The summed E-state index contributed by atoms with van der Waals surface area (Å²) in [6.45, 7) is 19.6. The molecule has 0 radical (unpaired) electrons. The van der Waals surface area contributed by atoms with Crippen molar-refractivity contribution in [3.63, 3.8) is 0 Å². The number of sulfonamides is 1. The first kappa shape index (κ1) is 79.1. The number of unbranched alkanes of at least 4 members (excludes halogenated alkanes) is 3. The van der Waals surface area contributed by atoms with Crippen LogP contribution in [0.4, 0.5) is 11.4 Å². The summed E-state index contributed by atoms with van der Waals surface area (Å²) in [6, 6.07) is 13.8. The first-order valence-electron chi connectivity index (χ1n) is 27.4. The quantitative estimate of drug-likeness (QED) is 0.0560. The summed E-state index contributed by atoms with van der Waals surface area (Å²) in [5, 5.41) is 18.0. The summed E-state index contributed by atoms with van der Waals surface area (Å²) in [6.07, 6.45) is 16.1. The topological polar surface area (TPSA) is 399 Å². The number of hydrogen-bond acceptors (Lipinski definition) is 20. The molecule has 2 aromatic carbocycles. The number of nitrogens with one attached hydrogen (secondary N) is 3. The molecule has 1 atom stereocenters. The number of para-hydroxylation sites is 1. The standard InChI is InChI=1S/C54H76N6O7S.CH5N.4O3S/c1-10-14-34-60-44-22-18-17-21-42(44)52(5,6)46(60)29-25-39-35-40(38-54(37-39,50(64)56-13-4)51(65)57-31-19-15-16-24-49(62)63)26-30-47-53(7,8)43-36-41(27-28-45(43)59(47)32-11-2)68(66,67)58(9)33-20-23-48(61)55-12-3;1-2;4*1-4(2)3/h17-18,21-22,25-30,35-36H,10-16,19-20,23-24,31-34,37-38H2,1-9H3,(H3-,55,56,57,61,62,63,64,65);2H2,1H3;;;;/p+1. The molecular weight excluding hydrogens is 1220 g/mol. The van der Waals surface area contributed by atoms with Crippen molar-refractivity contribution in [1.82, 2.24) is 20.3 Å². The molecule has 1 aliphatic carbocycles. The zero-order valence-electron chi connectivity index (χ0n) is 50.2. The number of carbonyl (C=O) groups is 4. The van der Waals surface area contributed by atoms with E-state index in [-0.39, 0.29) is 60.3 Å². The van der Waals surface area contributed by atoms with Gasteiger partial charge in [0.15, 0.2) is 5.71 Å². The van der Waals surface area contributed by atoms with Crippen molar-refractivity contribution in [2.24, 2.45) is 11.1 Å². The zero-order valence-corrected chi connectivity index (χ0v) is 54.3. The number of benzene rings is 2. The summed E-state index contributed by atoms with van der Waals surface area (Å²) < 4.78 is 133. The minimum Gasteiger partial charge on any atom is -0.481 e. The van der Waals surface area contributed by atoms with Crippen LogP contribution < -0.4 is 26.6 Å². The number of carboxylic acids is 1. The molecular formula is C55H82N7O19S5+. The van der Waals surface area contributed by atoms with Gasteiger partial charge in [-0.3, -0.25) is 19.2 Å². The SMILES string of the molecule is CCCC[N+]1=C(/C=C/C2=CC(=C/C=C3/N(CCC)c4ccc(S(=O)(=O)N(C)CCCC(=O)NCC)cc4C3(C)C)/CC(C(=O)NCC)(C(=O)NCCCCCC(=O)O)C2)C(C)(C)c2ccccc21.CN.O=S(=O)=O.O=S(=O)=O.O=S(=O)=O.O=S(=O)=O. The van der Waals surface area contributed by atoms with Crippen LogP contribution in [0, 0.1) is 5.41 Å². The highest BCUT2D eigenvalue weighted by molar-refractivity contribution is 7.89. The molecule has 6 N–H and O–H groups in total. The molecule has 2 heterocycles. The highest BCUT2D eigenvalue weighted by Gasteiger charge is 2.49. The Morgan fingerprint density at radius 1 is 0.686 bits per heavy atom. The predicted octanol–water partition coefficient (Wildman–Crippen LogP) is 4.14. The van der Waals surface area contributed by atoms with Crippen LogP contribution in [0.3, 0.4) is 0 Å². The number of rotatable bonds is 24. The molecule has 26 nitrogen and oxygen atoms in total. The molecule has 480 valence electrons. The minimum absolute atomic E-state index is 0.0639. The average molecular weight is 1310 g/mol. The van der Waals surface area contributed by atoms with E-state index in [9.17, 15) is 27.6 Å². The van der Waals surface area contributed by atoms with Crippen molar-refractivity contribution < 1.29 is 87.8 Å². The Bertz CT molecular complexity index is 3300. The van der Waals surface area contributed by atoms with Crippen molar-refractivity contribution >= 4 is 93.2 Å². The van der Waals surface area contributed by atoms with Crippen LogP contribution in [-0.2, 0) is 82.5 Å².